The van der Waals surface area contributed by atoms with E-state index in [0.29, 0.717) is 23.2 Å². The number of nitrogens with one attached hydrogen (secondary N) is 1. The third kappa shape index (κ3) is 4.81. The quantitative estimate of drug-likeness (QED) is 0.643. The van der Waals surface area contributed by atoms with E-state index < -0.39 is 0 Å². The summed E-state index contributed by atoms with van der Waals surface area (Å²) < 4.78 is 1.41. The van der Waals surface area contributed by atoms with Gasteiger partial charge in [-0.15, -0.1) is 0 Å². The van der Waals surface area contributed by atoms with Crippen LogP contribution in [0.25, 0.3) is 10.8 Å². The van der Waals surface area contributed by atoms with Crippen molar-refractivity contribution in [2.75, 3.05) is 0 Å². The van der Waals surface area contributed by atoms with Crippen LogP contribution in [0.2, 0.25) is 0 Å². The zero-order chi connectivity index (χ0) is 19.2. The Morgan fingerprint density at radius 2 is 1.81 bits per heavy atom. The molecule has 144 valence electrons. The van der Waals surface area contributed by atoms with Crippen molar-refractivity contribution in [2.45, 2.75) is 65.3 Å². The van der Waals surface area contributed by atoms with Crippen LogP contribution in [0.4, 0.5) is 0 Å². The number of carbonyl (C=O) groups is 1. The van der Waals surface area contributed by atoms with E-state index in [9.17, 15) is 9.59 Å². The SMILES string of the molecule is CC(C)CCn1nc(C(=O)NN=C2CCCCCC2)c2ccccc2c1=O. The summed E-state index contributed by atoms with van der Waals surface area (Å²) in [7, 11) is 0. The molecule has 1 heterocycles. The Labute approximate surface area is 159 Å². The van der Waals surface area contributed by atoms with Crippen molar-refractivity contribution in [1.29, 1.82) is 0 Å². The van der Waals surface area contributed by atoms with Gasteiger partial charge in [0.2, 0.25) is 0 Å². The third-order valence-electron chi connectivity index (χ3n) is 5.00. The van der Waals surface area contributed by atoms with Gasteiger partial charge in [0, 0.05) is 17.6 Å². The summed E-state index contributed by atoms with van der Waals surface area (Å²) in [6, 6.07) is 7.14. The van der Waals surface area contributed by atoms with E-state index in [-0.39, 0.29) is 17.2 Å². The van der Waals surface area contributed by atoms with E-state index in [2.05, 4.69) is 29.5 Å². The molecule has 0 radical (unpaired) electrons. The van der Waals surface area contributed by atoms with E-state index in [0.717, 1.165) is 37.8 Å². The third-order valence-corrected chi connectivity index (χ3v) is 5.00. The van der Waals surface area contributed by atoms with Gasteiger partial charge >= 0.3 is 0 Å². The Balaban J connectivity index is 1.91. The van der Waals surface area contributed by atoms with E-state index in [1.165, 1.54) is 17.5 Å². The molecule has 1 saturated carbocycles. The molecule has 3 rings (SSSR count). The molecule has 0 unspecified atom stereocenters. The Bertz CT molecular complexity index is 889. The van der Waals surface area contributed by atoms with Crippen molar-refractivity contribution >= 4 is 22.4 Å². The Morgan fingerprint density at radius 1 is 1.15 bits per heavy atom. The first kappa shape index (κ1) is 19.3. The van der Waals surface area contributed by atoms with Crippen LogP contribution in [0.3, 0.4) is 0 Å². The second-order valence-corrected chi connectivity index (χ2v) is 7.64. The number of nitrogens with zero attached hydrogens (tertiary/aromatic N) is 3. The Morgan fingerprint density at radius 3 is 2.48 bits per heavy atom. The van der Waals surface area contributed by atoms with Crippen LogP contribution in [-0.2, 0) is 6.54 Å². The summed E-state index contributed by atoms with van der Waals surface area (Å²) >= 11 is 0. The number of hydrazone groups is 1. The summed E-state index contributed by atoms with van der Waals surface area (Å²) in [5, 5.41) is 9.81. The molecule has 1 aromatic carbocycles. The number of benzene rings is 1. The predicted molar refractivity (Wildman–Crippen MR) is 108 cm³/mol. The lowest BCUT2D eigenvalue weighted by Gasteiger charge is -2.11. The van der Waals surface area contributed by atoms with Gasteiger partial charge in [0.25, 0.3) is 11.5 Å². The highest BCUT2D eigenvalue weighted by atomic mass is 16.2. The summed E-state index contributed by atoms with van der Waals surface area (Å²) in [5.74, 6) is 0.0883. The molecule has 1 amide bonds. The normalized spacial score (nSPS) is 15.0. The summed E-state index contributed by atoms with van der Waals surface area (Å²) in [5.41, 5.74) is 3.81. The number of carbonyl (C=O) groups excluding carboxylic acids is 1. The van der Waals surface area contributed by atoms with Gasteiger partial charge in [-0.05, 0) is 44.1 Å². The maximum Gasteiger partial charge on any atom is 0.292 e. The number of hydrogen-bond donors (Lipinski definition) is 1. The van der Waals surface area contributed by atoms with Crippen LogP contribution in [-0.4, -0.2) is 21.4 Å². The summed E-state index contributed by atoms with van der Waals surface area (Å²) in [6.07, 6.45) is 7.38. The highest BCUT2D eigenvalue weighted by molar-refractivity contribution is 6.05. The molecule has 0 aliphatic heterocycles. The monoisotopic (exact) mass is 368 g/mol. The van der Waals surface area contributed by atoms with Crippen molar-refractivity contribution in [1.82, 2.24) is 15.2 Å². The lowest BCUT2D eigenvalue weighted by Crippen LogP contribution is -2.29. The lowest BCUT2D eigenvalue weighted by molar-refractivity contribution is 0.0949. The predicted octanol–water partition coefficient (Wildman–Crippen LogP) is 3.88. The summed E-state index contributed by atoms with van der Waals surface area (Å²) in [4.78, 5) is 25.5. The first-order valence-electron chi connectivity index (χ1n) is 9.92. The van der Waals surface area contributed by atoms with Crippen LogP contribution in [0, 0.1) is 5.92 Å². The minimum Gasteiger partial charge on any atom is -0.267 e. The number of aryl methyl sites for hydroxylation is 1. The highest BCUT2D eigenvalue weighted by Crippen LogP contribution is 2.16. The minimum absolute atomic E-state index is 0.155. The summed E-state index contributed by atoms with van der Waals surface area (Å²) in [6.45, 7) is 4.70. The maximum atomic E-state index is 12.8. The molecule has 0 saturated heterocycles. The van der Waals surface area contributed by atoms with Gasteiger partial charge in [-0.3, -0.25) is 9.59 Å². The van der Waals surface area contributed by atoms with E-state index in [4.69, 9.17) is 0 Å². The molecular formula is C21H28N4O2. The molecule has 1 N–H and O–H groups in total. The van der Waals surface area contributed by atoms with E-state index in [1.807, 2.05) is 12.1 Å². The van der Waals surface area contributed by atoms with Gasteiger partial charge in [-0.1, -0.05) is 44.9 Å². The molecule has 6 nitrogen and oxygen atoms in total. The molecule has 6 heteroatoms. The van der Waals surface area contributed by atoms with Crippen molar-refractivity contribution in [3.8, 4) is 0 Å². The van der Waals surface area contributed by atoms with Gasteiger partial charge in [0.05, 0.1) is 5.39 Å². The van der Waals surface area contributed by atoms with Crippen LogP contribution in [0.1, 0.15) is 69.3 Å². The topological polar surface area (TPSA) is 76.3 Å². The molecule has 1 aliphatic carbocycles. The zero-order valence-corrected chi connectivity index (χ0v) is 16.2. The smallest absolute Gasteiger partial charge is 0.267 e. The van der Waals surface area contributed by atoms with Crippen LogP contribution in [0.5, 0.6) is 0 Å². The van der Waals surface area contributed by atoms with Crippen LogP contribution < -0.4 is 11.0 Å². The molecule has 0 atom stereocenters. The van der Waals surface area contributed by atoms with Crippen molar-refractivity contribution in [3.05, 3.63) is 40.3 Å². The van der Waals surface area contributed by atoms with Crippen molar-refractivity contribution in [3.63, 3.8) is 0 Å². The van der Waals surface area contributed by atoms with Crippen molar-refractivity contribution < 1.29 is 4.79 Å². The second kappa shape index (κ2) is 8.93. The van der Waals surface area contributed by atoms with Gasteiger partial charge < -0.3 is 0 Å². The number of rotatable bonds is 5. The fourth-order valence-corrected chi connectivity index (χ4v) is 3.37. The highest BCUT2D eigenvalue weighted by Gasteiger charge is 2.17. The zero-order valence-electron chi connectivity index (χ0n) is 16.2. The van der Waals surface area contributed by atoms with Gasteiger partial charge in [-0.25, -0.2) is 10.1 Å². The molecule has 2 aromatic rings. The molecular weight excluding hydrogens is 340 g/mol. The van der Waals surface area contributed by atoms with Gasteiger partial charge in [-0.2, -0.15) is 10.2 Å². The maximum absolute atomic E-state index is 12.8. The number of amides is 1. The Hall–Kier alpha value is -2.50. The minimum atomic E-state index is -0.360. The van der Waals surface area contributed by atoms with Crippen LogP contribution >= 0.6 is 0 Å². The molecule has 0 spiro atoms. The average molecular weight is 368 g/mol. The first-order valence-corrected chi connectivity index (χ1v) is 9.92. The standard InChI is InChI=1S/C21H28N4O2/c1-15(2)13-14-25-21(27)18-12-8-7-11-17(18)19(24-25)20(26)23-22-16-9-5-3-4-6-10-16/h7-8,11-12,15H,3-6,9-10,13-14H2,1-2H3,(H,23,26). The number of aromatic nitrogens is 2. The molecule has 1 aliphatic rings. The fraction of sp³-hybridized carbons (Fsp3) is 0.524. The number of hydrogen-bond acceptors (Lipinski definition) is 4. The number of fused-ring (bicyclic) bond motifs is 1. The molecule has 0 bridgehead atoms. The lowest BCUT2D eigenvalue weighted by atomic mass is 10.1. The largest absolute Gasteiger partial charge is 0.292 e. The van der Waals surface area contributed by atoms with Crippen LogP contribution in [0.15, 0.2) is 34.2 Å². The van der Waals surface area contributed by atoms with Crippen molar-refractivity contribution in [2.24, 2.45) is 11.0 Å². The van der Waals surface area contributed by atoms with Gasteiger partial charge in [0.1, 0.15) is 0 Å². The molecule has 1 aromatic heterocycles. The molecule has 27 heavy (non-hydrogen) atoms. The first-order chi connectivity index (χ1) is 13.1. The average Bonchev–Trinajstić information content (AvgIpc) is 2.94. The van der Waals surface area contributed by atoms with Gasteiger partial charge in [0.15, 0.2) is 5.69 Å². The van der Waals surface area contributed by atoms with E-state index in [1.54, 1.807) is 12.1 Å². The van der Waals surface area contributed by atoms with E-state index >= 15 is 0 Å². The molecule has 1 fully saturated rings. The second-order valence-electron chi connectivity index (χ2n) is 7.64. The fourth-order valence-electron chi connectivity index (χ4n) is 3.37. The Kier molecular flexibility index (Phi) is 6.37.